The fraction of sp³-hybridized carbons (Fsp3) is 0.538. The first-order valence-corrected chi connectivity index (χ1v) is 7.61. The van der Waals surface area contributed by atoms with Crippen LogP contribution < -0.4 is 5.32 Å². The molecule has 20 heavy (non-hydrogen) atoms. The lowest BCUT2D eigenvalue weighted by molar-refractivity contribution is 0.761. The average Bonchev–Trinajstić information content (AvgIpc) is 2.71. The molecule has 6 nitrogen and oxygen atoms in total. The van der Waals surface area contributed by atoms with Crippen LogP contribution in [0, 0.1) is 6.92 Å². The molecule has 0 fully saturated rings. The van der Waals surface area contributed by atoms with E-state index in [0.717, 1.165) is 47.0 Å². The molecular weight excluding hydrogens is 272 g/mol. The first-order valence-electron chi connectivity index (χ1n) is 6.79. The lowest BCUT2D eigenvalue weighted by atomic mass is 10.3. The fourth-order valence-electron chi connectivity index (χ4n) is 1.70. The molecule has 0 aliphatic heterocycles. The van der Waals surface area contributed by atoms with Gasteiger partial charge in [-0.2, -0.15) is 0 Å². The molecule has 2 heterocycles. The van der Waals surface area contributed by atoms with E-state index >= 15 is 0 Å². The number of nitrogens with one attached hydrogen (secondary N) is 1. The molecule has 0 aromatic carbocycles. The van der Waals surface area contributed by atoms with E-state index in [4.69, 9.17) is 0 Å². The van der Waals surface area contributed by atoms with E-state index < -0.39 is 0 Å². The molecule has 0 spiro atoms. The number of anilines is 1. The first-order chi connectivity index (χ1) is 9.63. The van der Waals surface area contributed by atoms with Gasteiger partial charge in [0.25, 0.3) is 0 Å². The quantitative estimate of drug-likeness (QED) is 0.825. The number of aromatic nitrogens is 5. The highest BCUT2D eigenvalue weighted by Gasteiger charge is 2.10. The third-order valence-electron chi connectivity index (χ3n) is 2.83. The summed E-state index contributed by atoms with van der Waals surface area (Å²) in [4.78, 5) is 9.09. The van der Waals surface area contributed by atoms with Gasteiger partial charge in [-0.05, 0) is 32.0 Å². The molecule has 2 rings (SSSR count). The van der Waals surface area contributed by atoms with Crippen LogP contribution in [0.3, 0.4) is 0 Å². The molecule has 0 saturated carbocycles. The number of aryl methyl sites for hydroxylation is 2. The van der Waals surface area contributed by atoms with Crippen molar-refractivity contribution in [3.05, 3.63) is 17.7 Å². The zero-order valence-electron chi connectivity index (χ0n) is 12.3. The molecule has 0 atom stereocenters. The zero-order valence-corrected chi connectivity index (χ0v) is 13.2. The summed E-state index contributed by atoms with van der Waals surface area (Å²) in [6, 6.07) is 1.96. The number of nitrogens with zero attached hydrogens (tertiary/aromatic N) is 5. The van der Waals surface area contributed by atoms with E-state index in [1.54, 1.807) is 0 Å². The minimum absolute atomic E-state index is 0.839. The molecule has 0 bridgehead atoms. The van der Waals surface area contributed by atoms with E-state index in [-0.39, 0.29) is 0 Å². The first kappa shape index (κ1) is 14.8. The summed E-state index contributed by atoms with van der Waals surface area (Å²) in [6.45, 7) is 6.96. The Kier molecular flexibility index (Phi) is 4.94. The van der Waals surface area contributed by atoms with Crippen LogP contribution in [-0.2, 0) is 13.5 Å². The molecule has 0 aliphatic rings. The molecule has 108 valence electrons. The van der Waals surface area contributed by atoms with Crippen molar-refractivity contribution in [3.8, 4) is 0 Å². The summed E-state index contributed by atoms with van der Waals surface area (Å²) in [6.07, 6.45) is 1.91. The normalized spacial score (nSPS) is 10.8. The molecule has 2 aromatic heterocycles. The summed E-state index contributed by atoms with van der Waals surface area (Å²) >= 11 is 1.51. The molecule has 0 saturated heterocycles. The van der Waals surface area contributed by atoms with Crippen LogP contribution in [0.4, 0.5) is 5.82 Å². The van der Waals surface area contributed by atoms with Crippen molar-refractivity contribution in [2.45, 2.75) is 43.8 Å². The van der Waals surface area contributed by atoms with E-state index in [1.165, 1.54) is 11.8 Å². The maximum atomic E-state index is 4.58. The maximum Gasteiger partial charge on any atom is 0.197 e. The molecule has 0 radical (unpaired) electrons. The number of hydrogen-bond acceptors (Lipinski definition) is 6. The van der Waals surface area contributed by atoms with Gasteiger partial charge in [-0.1, -0.05) is 6.92 Å². The topological polar surface area (TPSA) is 68.5 Å². The summed E-state index contributed by atoms with van der Waals surface area (Å²) in [5.41, 5.74) is 0. The summed E-state index contributed by atoms with van der Waals surface area (Å²) < 4.78 is 1.96. The number of rotatable bonds is 6. The number of hydrogen-bond donors (Lipinski definition) is 1. The molecule has 0 unspecified atom stereocenters. The van der Waals surface area contributed by atoms with Crippen molar-refractivity contribution in [2.75, 3.05) is 11.9 Å². The lowest BCUT2D eigenvalue weighted by Crippen LogP contribution is -2.04. The second kappa shape index (κ2) is 6.69. The van der Waals surface area contributed by atoms with Gasteiger partial charge in [0.1, 0.15) is 22.5 Å². The Labute approximate surface area is 123 Å². The Balaban J connectivity index is 2.27. The summed E-state index contributed by atoms with van der Waals surface area (Å²) in [7, 11) is 1.96. The van der Waals surface area contributed by atoms with Crippen molar-refractivity contribution in [2.24, 2.45) is 7.05 Å². The van der Waals surface area contributed by atoms with Gasteiger partial charge in [0.05, 0.1) is 0 Å². The van der Waals surface area contributed by atoms with Gasteiger partial charge in [0, 0.05) is 26.1 Å². The summed E-state index contributed by atoms with van der Waals surface area (Å²) in [5.74, 6) is 2.63. The third-order valence-corrected chi connectivity index (χ3v) is 3.79. The lowest BCUT2D eigenvalue weighted by Gasteiger charge is -2.08. The van der Waals surface area contributed by atoms with Gasteiger partial charge >= 0.3 is 0 Å². The SMILES string of the molecule is CCCc1nc(NCC)cc(Sc2nnc(C)n2C)n1. The van der Waals surface area contributed by atoms with Crippen LogP contribution in [0.25, 0.3) is 0 Å². The molecule has 0 aliphatic carbocycles. The van der Waals surface area contributed by atoms with Gasteiger partial charge in [-0.25, -0.2) is 9.97 Å². The smallest absolute Gasteiger partial charge is 0.197 e. The third kappa shape index (κ3) is 3.47. The minimum atomic E-state index is 0.839. The van der Waals surface area contributed by atoms with E-state index in [1.807, 2.05) is 24.6 Å². The highest BCUT2D eigenvalue weighted by molar-refractivity contribution is 7.99. The predicted molar refractivity (Wildman–Crippen MR) is 80.1 cm³/mol. The average molecular weight is 292 g/mol. The van der Waals surface area contributed by atoms with Crippen molar-refractivity contribution in [3.63, 3.8) is 0 Å². The molecule has 0 amide bonds. The van der Waals surface area contributed by atoms with Gasteiger partial charge in [0.2, 0.25) is 0 Å². The van der Waals surface area contributed by atoms with Crippen LogP contribution in [0.2, 0.25) is 0 Å². The van der Waals surface area contributed by atoms with Crippen LogP contribution >= 0.6 is 11.8 Å². The highest BCUT2D eigenvalue weighted by Crippen LogP contribution is 2.26. The highest BCUT2D eigenvalue weighted by atomic mass is 32.2. The predicted octanol–water partition coefficient (Wildman–Crippen LogP) is 2.45. The molecule has 7 heteroatoms. The van der Waals surface area contributed by atoms with Crippen molar-refractivity contribution in [1.29, 1.82) is 0 Å². The largest absolute Gasteiger partial charge is 0.370 e. The van der Waals surface area contributed by atoms with Gasteiger partial charge < -0.3 is 9.88 Å². The van der Waals surface area contributed by atoms with Crippen molar-refractivity contribution < 1.29 is 0 Å². The van der Waals surface area contributed by atoms with Crippen molar-refractivity contribution >= 4 is 17.6 Å². The molecule has 2 aromatic rings. The molecule has 1 N–H and O–H groups in total. The van der Waals surface area contributed by atoms with Crippen molar-refractivity contribution in [1.82, 2.24) is 24.7 Å². The van der Waals surface area contributed by atoms with Gasteiger partial charge in [0.15, 0.2) is 5.16 Å². The standard InChI is InChI=1S/C13H20N6S/c1-5-7-10-15-11(14-6-2)8-12(16-10)20-13-18-17-9(3)19(13)4/h8H,5-7H2,1-4H3,(H,14,15,16). The molecular formula is C13H20N6S. The Bertz CT molecular complexity index is 556. The van der Waals surface area contributed by atoms with E-state index in [2.05, 4.69) is 39.3 Å². The van der Waals surface area contributed by atoms with Crippen LogP contribution in [0.1, 0.15) is 31.9 Å². The van der Waals surface area contributed by atoms with E-state index in [0.29, 0.717) is 0 Å². The van der Waals surface area contributed by atoms with Crippen LogP contribution in [-0.4, -0.2) is 31.3 Å². The van der Waals surface area contributed by atoms with E-state index in [9.17, 15) is 0 Å². The Morgan fingerprint density at radius 3 is 2.65 bits per heavy atom. The Morgan fingerprint density at radius 1 is 1.25 bits per heavy atom. The maximum absolute atomic E-state index is 4.58. The van der Waals surface area contributed by atoms with Gasteiger partial charge in [-0.3, -0.25) is 0 Å². The van der Waals surface area contributed by atoms with Gasteiger partial charge in [-0.15, -0.1) is 10.2 Å². The monoisotopic (exact) mass is 292 g/mol. The summed E-state index contributed by atoms with van der Waals surface area (Å²) in [5, 5.41) is 13.2. The second-order valence-corrected chi connectivity index (χ2v) is 5.47. The fourth-order valence-corrected chi connectivity index (χ4v) is 2.56. The van der Waals surface area contributed by atoms with Crippen LogP contribution in [0.15, 0.2) is 16.2 Å². The second-order valence-electron chi connectivity index (χ2n) is 4.48. The Hall–Kier alpha value is -1.63. The Morgan fingerprint density at radius 2 is 2.05 bits per heavy atom. The zero-order chi connectivity index (χ0) is 14.5. The van der Waals surface area contributed by atoms with Crippen LogP contribution in [0.5, 0.6) is 0 Å². The minimum Gasteiger partial charge on any atom is -0.370 e.